The summed E-state index contributed by atoms with van der Waals surface area (Å²) in [7, 11) is 3.66. The van der Waals surface area contributed by atoms with E-state index in [1.807, 2.05) is 49.0 Å². The zero-order chi connectivity index (χ0) is 14.8. The van der Waals surface area contributed by atoms with Crippen molar-refractivity contribution in [2.45, 2.75) is 13.5 Å². The van der Waals surface area contributed by atoms with E-state index in [1.54, 1.807) is 13.3 Å². The number of fused-ring (bicyclic) bond motifs is 1. The molecular formula is C16H18N4O. The number of hydrogen-bond donors (Lipinski definition) is 1. The highest BCUT2D eigenvalue weighted by molar-refractivity contribution is 5.95. The number of para-hydroxylation sites is 1. The Morgan fingerprint density at radius 1 is 1.33 bits per heavy atom. The summed E-state index contributed by atoms with van der Waals surface area (Å²) in [5, 5.41) is 4.49. The van der Waals surface area contributed by atoms with Gasteiger partial charge < -0.3 is 14.6 Å². The molecule has 0 aliphatic heterocycles. The summed E-state index contributed by atoms with van der Waals surface area (Å²) in [4.78, 5) is 8.91. The highest BCUT2D eigenvalue weighted by Gasteiger charge is 2.09. The Hall–Kier alpha value is -2.56. The van der Waals surface area contributed by atoms with E-state index in [2.05, 4.69) is 15.3 Å². The Balaban J connectivity index is 2.00. The lowest BCUT2D eigenvalue weighted by molar-refractivity contribution is 0.419. The molecule has 0 spiro atoms. The minimum absolute atomic E-state index is 0.666. The van der Waals surface area contributed by atoms with Crippen LogP contribution in [0.25, 0.3) is 10.9 Å². The maximum Gasteiger partial charge on any atom is 0.145 e. The van der Waals surface area contributed by atoms with Crippen LogP contribution in [0.3, 0.4) is 0 Å². The number of methoxy groups -OCH3 is 1. The van der Waals surface area contributed by atoms with Crippen LogP contribution in [-0.4, -0.2) is 21.6 Å². The Morgan fingerprint density at radius 2 is 2.19 bits per heavy atom. The second-order valence-electron chi connectivity index (χ2n) is 4.98. The van der Waals surface area contributed by atoms with Crippen LogP contribution in [0.4, 0.5) is 5.69 Å². The molecule has 2 aromatic heterocycles. The summed E-state index contributed by atoms with van der Waals surface area (Å²) in [5.74, 6) is 1.77. The molecule has 5 nitrogen and oxygen atoms in total. The molecule has 0 bridgehead atoms. The highest BCUT2D eigenvalue weighted by Crippen LogP contribution is 2.30. The molecule has 1 aromatic carbocycles. The van der Waals surface area contributed by atoms with Gasteiger partial charge in [0.15, 0.2) is 0 Å². The molecule has 0 atom stereocenters. The lowest BCUT2D eigenvalue weighted by Gasteiger charge is -2.12. The van der Waals surface area contributed by atoms with Crippen LogP contribution in [0.1, 0.15) is 11.5 Å². The standard InChI is InChI=1S/C16H18N4O/c1-11-9-13(18-10-15-17-7-8-20(15)2)12-5-4-6-14(21-3)16(12)19-11/h4-9H,10H2,1-3H3,(H,18,19). The molecule has 0 radical (unpaired) electrons. The maximum atomic E-state index is 5.40. The van der Waals surface area contributed by atoms with Crippen molar-refractivity contribution in [3.8, 4) is 5.75 Å². The van der Waals surface area contributed by atoms with Crippen molar-refractivity contribution < 1.29 is 4.74 Å². The third-order valence-corrected chi connectivity index (χ3v) is 3.51. The number of benzene rings is 1. The van der Waals surface area contributed by atoms with E-state index in [0.29, 0.717) is 6.54 Å². The smallest absolute Gasteiger partial charge is 0.145 e. The zero-order valence-corrected chi connectivity index (χ0v) is 12.4. The van der Waals surface area contributed by atoms with Crippen molar-refractivity contribution in [1.82, 2.24) is 14.5 Å². The van der Waals surface area contributed by atoms with Gasteiger partial charge in [0.25, 0.3) is 0 Å². The lowest BCUT2D eigenvalue weighted by Crippen LogP contribution is -2.06. The molecule has 1 N–H and O–H groups in total. The second kappa shape index (κ2) is 5.44. The average Bonchev–Trinajstić information content (AvgIpc) is 2.89. The molecule has 3 rings (SSSR count). The summed E-state index contributed by atoms with van der Waals surface area (Å²) in [6, 6.07) is 8.00. The van der Waals surface area contributed by atoms with E-state index in [0.717, 1.165) is 33.9 Å². The van der Waals surface area contributed by atoms with Crippen LogP contribution in [-0.2, 0) is 13.6 Å². The molecular weight excluding hydrogens is 264 g/mol. The normalized spacial score (nSPS) is 10.8. The van der Waals surface area contributed by atoms with Gasteiger partial charge in [0, 0.05) is 36.2 Å². The molecule has 0 unspecified atom stereocenters. The van der Waals surface area contributed by atoms with E-state index in [9.17, 15) is 0 Å². The van der Waals surface area contributed by atoms with Crippen LogP contribution >= 0.6 is 0 Å². The van der Waals surface area contributed by atoms with Gasteiger partial charge in [0.05, 0.1) is 13.7 Å². The summed E-state index contributed by atoms with van der Waals surface area (Å²) < 4.78 is 7.40. The van der Waals surface area contributed by atoms with Crippen molar-refractivity contribution in [2.75, 3.05) is 12.4 Å². The second-order valence-corrected chi connectivity index (χ2v) is 4.98. The largest absolute Gasteiger partial charge is 0.494 e. The maximum absolute atomic E-state index is 5.40. The van der Waals surface area contributed by atoms with Crippen LogP contribution in [0.2, 0.25) is 0 Å². The molecule has 0 aliphatic rings. The fraction of sp³-hybridized carbons (Fsp3) is 0.250. The van der Waals surface area contributed by atoms with Gasteiger partial charge in [-0.15, -0.1) is 0 Å². The molecule has 2 heterocycles. The summed E-state index contributed by atoms with van der Waals surface area (Å²) in [6.45, 7) is 2.65. The van der Waals surface area contributed by atoms with Crippen LogP contribution < -0.4 is 10.1 Å². The predicted molar refractivity (Wildman–Crippen MR) is 83.6 cm³/mol. The molecule has 0 saturated carbocycles. The molecule has 0 fully saturated rings. The molecule has 0 amide bonds. The van der Waals surface area contributed by atoms with Crippen LogP contribution in [0, 0.1) is 6.92 Å². The number of aryl methyl sites for hydroxylation is 2. The number of rotatable bonds is 4. The average molecular weight is 282 g/mol. The van der Waals surface area contributed by atoms with Gasteiger partial charge in [0.2, 0.25) is 0 Å². The van der Waals surface area contributed by atoms with Crippen molar-refractivity contribution in [2.24, 2.45) is 7.05 Å². The van der Waals surface area contributed by atoms with Crippen LogP contribution in [0.15, 0.2) is 36.7 Å². The van der Waals surface area contributed by atoms with Gasteiger partial charge in [-0.25, -0.2) is 9.97 Å². The van der Waals surface area contributed by atoms with E-state index < -0.39 is 0 Å². The number of nitrogens with zero attached hydrogens (tertiary/aromatic N) is 3. The molecule has 3 aromatic rings. The van der Waals surface area contributed by atoms with E-state index in [-0.39, 0.29) is 0 Å². The zero-order valence-electron chi connectivity index (χ0n) is 12.4. The number of ether oxygens (including phenoxy) is 1. The van der Waals surface area contributed by atoms with Gasteiger partial charge in [-0.05, 0) is 19.1 Å². The minimum Gasteiger partial charge on any atom is -0.494 e. The summed E-state index contributed by atoms with van der Waals surface area (Å²) in [6.07, 6.45) is 3.74. The number of imidazole rings is 1. The Morgan fingerprint density at radius 3 is 2.90 bits per heavy atom. The van der Waals surface area contributed by atoms with Crippen molar-refractivity contribution in [1.29, 1.82) is 0 Å². The van der Waals surface area contributed by atoms with Crippen LogP contribution in [0.5, 0.6) is 5.75 Å². The number of pyridine rings is 1. The first-order valence-corrected chi connectivity index (χ1v) is 6.83. The third-order valence-electron chi connectivity index (χ3n) is 3.51. The number of hydrogen-bond acceptors (Lipinski definition) is 4. The topological polar surface area (TPSA) is 52.0 Å². The molecule has 0 aliphatic carbocycles. The highest BCUT2D eigenvalue weighted by atomic mass is 16.5. The number of nitrogens with one attached hydrogen (secondary N) is 1. The molecule has 0 saturated heterocycles. The first-order valence-electron chi connectivity index (χ1n) is 6.83. The SMILES string of the molecule is COc1cccc2c(NCc3nccn3C)cc(C)nc12. The first-order chi connectivity index (χ1) is 10.2. The number of anilines is 1. The van der Waals surface area contributed by atoms with Gasteiger partial charge in [-0.1, -0.05) is 12.1 Å². The lowest BCUT2D eigenvalue weighted by atomic mass is 10.1. The monoisotopic (exact) mass is 282 g/mol. The van der Waals surface area contributed by atoms with Crippen molar-refractivity contribution >= 4 is 16.6 Å². The first kappa shape index (κ1) is 13.4. The minimum atomic E-state index is 0.666. The van der Waals surface area contributed by atoms with Gasteiger partial charge in [-0.3, -0.25) is 0 Å². The fourth-order valence-corrected chi connectivity index (χ4v) is 2.40. The Bertz CT molecular complexity index is 779. The molecule has 5 heteroatoms. The van der Waals surface area contributed by atoms with Crippen molar-refractivity contribution in [3.63, 3.8) is 0 Å². The van der Waals surface area contributed by atoms with Gasteiger partial charge in [-0.2, -0.15) is 0 Å². The molecule has 21 heavy (non-hydrogen) atoms. The Labute approximate surface area is 123 Å². The third kappa shape index (κ3) is 2.54. The molecule has 108 valence electrons. The van der Waals surface area contributed by atoms with Crippen molar-refractivity contribution in [3.05, 3.63) is 48.2 Å². The quantitative estimate of drug-likeness (QED) is 0.799. The van der Waals surface area contributed by atoms with E-state index in [1.165, 1.54) is 0 Å². The van der Waals surface area contributed by atoms with E-state index in [4.69, 9.17) is 4.74 Å². The number of aromatic nitrogens is 3. The summed E-state index contributed by atoms with van der Waals surface area (Å²) in [5.41, 5.74) is 2.87. The summed E-state index contributed by atoms with van der Waals surface area (Å²) >= 11 is 0. The van der Waals surface area contributed by atoms with Gasteiger partial charge in [0.1, 0.15) is 17.1 Å². The van der Waals surface area contributed by atoms with Gasteiger partial charge >= 0.3 is 0 Å². The van der Waals surface area contributed by atoms with E-state index >= 15 is 0 Å². The predicted octanol–water partition coefficient (Wildman–Crippen LogP) is 2.90. The fourth-order valence-electron chi connectivity index (χ4n) is 2.40. The Kier molecular flexibility index (Phi) is 3.48.